The van der Waals surface area contributed by atoms with Gasteiger partial charge in [0.15, 0.2) is 11.5 Å². The molecule has 0 aliphatic heterocycles. The van der Waals surface area contributed by atoms with Gasteiger partial charge in [-0.1, -0.05) is 0 Å². The summed E-state index contributed by atoms with van der Waals surface area (Å²) >= 11 is 0. The van der Waals surface area contributed by atoms with Gasteiger partial charge in [-0.2, -0.15) is 5.10 Å². The highest BCUT2D eigenvalue weighted by molar-refractivity contribution is 5.98. The fourth-order valence-electron chi connectivity index (χ4n) is 1.49. The second-order valence-corrected chi connectivity index (χ2v) is 3.71. The number of hydrogen-bond donors (Lipinski definition) is 2. The highest BCUT2D eigenvalue weighted by Gasteiger charge is 2.09. The fraction of sp³-hybridized carbons (Fsp3) is 0.364. The number of rotatable bonds is 4. The lowest BCUT2D eigenvalue weighted by molar-refractivity contribution is -0.117. The number of pyridine rings is 1. The Labute approximate surface area is 98.4 Å². The molecular weight excluding hydrogens is 220 g/mol. The lowest BCUT2D eigenvalue weighted by atomic mass is 10.3. The van der Waals surface area contributed by atoms with Gasteiger partial charge in [0.25, 0.3) is 0 Å². The van der Waals surface area contributed by atoms with E-state index in [2.05, 4.69) is 20.5 Å². The Hall–Kier alpha value is -1.95. The molecule has 2 N–H and O–H groups in total. The lowest BCUT2D eigenvalue weighted by Crippen LogP contribution is -2.14. The molecule has 0 aromatic carbocycles. The Morgan fingerprint density at radius 3 is 3.12 bits per heavy atom. The average Bonchev–Trinajstić information content (AvgIpc) is 2.69. The highest BCUT2D eigenvalue weighted by atomic mass is 16.5. The molecule has 0 radical (unpaired) electrons. The number of H-pyrrole nitrogens is 1. The van der Waals surface area contributed by atoms with Crippen LogP contribution in [0.2, 0.25) is 0 Å². The maximum absolute atomic E-state index is 11.5. The number of nitrogens with zero attached hydrogens (tertiary/aromatic N) is 2. The summed E-state index contributed by atoms with van der Waals surface area (Å²) in [6.07, 6.45) is 0.310. The molecule has 2 heterocycles. The molecular formula is C11H14N4O2. The van der Waals surface area contributed by atoms with Crippen molar-refractivity contribution in [1.29, 1.82) is 0 Å². The van der Waals surface area contributed by atoms with Crippen LogP contribution in [0.1, 0.15) is 12.1 Å². The van der Waals surface area contributed by atoms with Gasteiger partial charge in [-0.15, -0.1) is 0 Å². The first-order valence-electron chi connectivity index (χ1n) is 5.31. The molecule has 0 saturated carbocycles. The van der Waals surface area contributed by atoms with Crippen molar-refractivity contribution in [2.45, 2.75) is 13.3 Å². The maximum Gasteiger partial charge on any atom is 0.227 e. The molecule has 0 unspecified atom stereocenters. The highest BCUT2D eigenvalue weighted by Crippen LogP contribution is 2.18. The predicted molar refractivity (Wildman–Crippen MR) is 63.7 cm³/mol. The summed E-state index contributed by atoms with van der Waals surface area (Å²) in [5, 5.41) is 10.3. The van der Waals surface area contributed by atoms with Gasteiger partial charge >= 0.3 is 0 Å². The number of fused-ring (bicyclic) bond motifs is 1. The molecule has 2 rings (SSSR count). The summed E-state index contributed by atoms with van der Waals surface area (Å²) in [6.45, 7) is 2.29. The largest absolute Gasteiger partial charge is 0.384 e. The van der Waals surface area contributed by atoms with Crippen molar-refractivity contribution in [1.82, 2.24) is 15.2 Å². The smallest absolute Gasteiger partial charge is 0.227 e. The van der Waals surface area contributed by atoms with Crippen molar-refractivity contribution in [3.63, 3.8) is 0 Å². The van der Waals surface area contributed by atoms with E-state index in [1.165, 1.54) is 0 Å². The van der Waals surface area contributed by atoms with E-state index in [1.54, 1.807) is 7.11 Å². The van der Waals surface area contributed by atoms with Crippen molar-refractivity contribution in [2.75, 3.05) is 19.0 Å². The molecule has 2 aromatic heterocycles. The van der Waals surface area contributed by atoms with E-state index in [0.717, 1.165) is 11.1 Å². The van der Waals surface area contributed by atoms with Crippen LogP contribution in [0.5, 0.6) is 0 Å². The molecule has 6 nitrogen and oxygen atoms in total. The van der Waals surface area contributed by atoms with E-state index in [0.29, 0.717) is 24.5 Å². The van der Waals surface area contributed by atoms with E-state index in [1.807, 2.05) is 19.1 Å². The quantitative estimate of drug-likeness (QED) is 0.834. The molecule has 6 heteroatoms. The topological polar surface area (TPSA) is 79.9 Å². The Balaban J connectivity index is 2.16. The average molecular weight is 234 g/mol. The monoisotopic (exact) mass is 234 g/mol. The van der Waals surface area contributed by atoms with E-state index in [-0.39, 0.29) is 5.91 Å². The third-order valence-corrected chi connectivity index (χ3v) is 2.35. The van der Waals surface area contributed by atoms with Gasteiger partial charge in [-0.05, 0) is 19.1 Å². The normalized spacial score (nSPS) is 10.7. The van der Waals surface area contributed by atoms with Gasteiger partial charge < -0.3 is 10.1 Å². The summed E-state index contributed by atoms with van der Waals surface area (Å²) in [6, 6.07) is 3.76. The van der Waals surface area contributed by atoms with Crippen LogP contribution in [-0.4, -0.2) is 34.8 Å². The predicted octanol–water partition coefficient (Wildman–Crippen LogP) is 1.24. The lowest BCUT2D eigenvalue weighted by Gasteiger charge is -2.01. The zero-order valence-corrected chi connectivity index (χ0v) is 9.78. The molecule has 0 atom stereocenters. The van der Waals surface area contributed by atoms with Crippen molar-refractivity contribution < 1.29 is 9.53 Å². The van der Waals surface area contributed by atoms with Crippen LogP contribution in [0.15, 0.2) is 12.1 Å². The standard InChI is InChI=1S/C11H14N4O2/c1-7-3-4-8-10(12-7)14-15-11(8)13-9(16)5-6-17-2/h3-4H,5-6H2,1-2H3,(H2,12,13,14,15,16). The first kappa shape index (κ1) is 11.5. The Kier molecular flexibility index (Phi) is 3.34. The van der Waals surface area contributed by atoms with Gasteiger partial charge in [0, 0.05) is 12.8 Å². The Morgan fingerprint density at radius 1 is 1.53 bits per heavy atom. The summed E-state index contributed by atoms with van der Waals surface area (Å²) in [7, 11) is 1.56. The molecule has 0 bridgehead atoms. The van der Waals surface area contributed by atoms with E-state index >= 15 is 0 Å². The van der Waals surface area contributed by atoms with Crippen LogP contribution in [0.25, 0.3) is 11.0 Å². The third kappa shape index (κ3) is 2.59. The molecule has 90 valence electrons. The van der Waals surface area contributed by atoms with E-state index in [9.17, 15) is 4.79 Å². The van der Waals surface area contributed by atoms with Crippen molar-refractivity contribution in [3.8, 4) is 0 Å². The van der Waals surface area contributed by atoms with Crippen LogP contribution < -0.4 is 5.32 Å². The second-order valence-electron chi connectivity index (χ2n) is 3.71. The van der Waals surface area contributed by atoms with Crippen molar-refractivity contribution in [2.24, 2.45) is 0 Å². The summed E-state index contributed by atoms with van der Waals surface area (Å²) in [5.74, 6) is 0.384. The number of carbonyl (C=O) groups excluding carboxylic acids is 1. The number of carbonyl (C=O) groups is 1. The number of hydrogen-bond acceptors (Lipinski definition) is 4. The Morgan fingerprint density at radius 2 is 2.35 bits per heavy atom. The molecule has 0 spiro atoms. The van der Waals surface area contributed by atoms with Crippen LogP contribution in [0, 0.1) is 6.92 Å². The molecule has 17 heavy (non-hydrogen) atoms. The van der Waals surface area contributed by atoms with Gasteiger partial charge in [0.05, 0.1) is 18.4 Å². The molecule has 0 fully saturated rings. The summed E-state index contributed by atoms with van der Waals surface area (Å²) in [5.41, 5.74) is 1.57. The molecule has 0 aliphatic carbocycles. The van der Waals surface area contributed by atoms with Gasteiger partial charge in [-0.25, -0.2) is 4.98 Å². The molecule has 0 aliphatic rings. The van der Waals surface area contributed by atoms with Crippen molar-refractivity contribution >= 4 is 22.8 Å². The number of amides is 1. The number of ether oxygens (including phenoxy) is 1. The number of aryl methyl sites for hydroxylation is 1. The number of aromatic amines is 1. The van der Waals surface area contributed by atoms with Crippen LogP contribution in [0.3, 0.4) is 0 Å². The zero-order valence-electron chi connectivity index (χ0n) is 9.78. The minimum Gasteiger partial charge on any atom is -0.384 e. The first-order chi connectivity index (χ1) is 8.20. The first-order valence-corrected chi connectivity index (χ1v) is 5.31. The van der Waals surface area contributed by atoms with E-state index in [4.69, 9.17) is 4.74 Å². The minimum absolute atomic E-state index is 0.124. The summed E-state index contributed by atoms with van der Waals surface area (Å²) in [4.78, 5) is 15.8. The van der Waals surface area contributed by atoms with Gasteiger partial charge in [0.1, 0.15) is 0 Å². The molecule has 0 saturated heterocycles. The zero-order chi connectivity index (χ0) is 12.3. The maximum atomic E-state index is 11.5. The van der Waals surface area contributed by atoms with Crippen LogP contribution in [0.4, 0.5) is 5.82 Å². The summed E-state index contributed by atoms with van der Waals surface area (Å²) < 4.78 is 4.83. The van der Waals surface area contributed by atoms with Crippen molar-refractivity contribution in [3.05, 3.63) is 17.8 Å². The number of anilines is 1. The fourth-order valence-corrected chi connectivity index (χ4v) is 1.49. The molecule has 2 aromatic rings. The second kappa shape index (κ2) is 4.92. The number of aromatic nitrogens is 3. The number of methoxy groups -OCH3 is 1. The van der Waals surface area contributed by atoms with Gasteiger partial charge in [-0.3, -0.25) is 9.89 Å². The number of nitrogens with one attached hydrogen (secondary N) is 2. The SMILES string of the molecule is COCCC(=O)Nc1n[nH]c2nc(C)ccc12. The van der Waals surface area contributed by atoms with Gasteiger partial charge in [0.2, 0.25) is 5.91 Å². The van der Waals surface area contributed by atoms with Crippen LogP contribution in [-0.2, 0) is 9.53 Å². The Bertz CT molecular complexity index is 535. The third-order valence-electron chi connectivity index (χ3n) is 2.35. The van der Waals surface area contributed by atoms with E-state index < -0.39 is 0 Å². The minimum atomic E-state index is -0.124. The van der Waals surface area contributed by atoms with Crippen LogP contribution >= 0.6 is 0 Å². The molecule has 1 amide bonds.